The molecule has 0 fully saturated rings. The van der Waals surface area contributed by atoms with E-state index in [0.29, 0.717) is 0 Å². The van der Waals surface area contributed by atoms with E-state index in [1.807, 2.05) is 30.3 Å². The molecule has 0 bridgehead atoms. The molecule has 0 radical (unpaired) electrons. The average molecular weight is 367 g/mol. The summed E-state index contributed by atoms with van der Waals surface area (Å²) < 4.78 is 15.3. The van der Waals surface area contributed by atoms with Gasteiger partial charge in [0.1, 0.15) is 11.6 Å². The summed E-state index contributed by atoms with van der Waals surface area (Å²) in [6.07, 6.45) is 2.06. The highest BCUT2D eigenvalue weighted by molar-refractivity contribution is 5.98. The predicted molar refractivity (Wildman–Crippen MR) is 113 cm³/mol. The van der Waals surface area contributed by atoms with E-state index in [9.17, 15) is 9.50 Å². The fourth-order valence-electron chi connectivity index (χ4n) is 3.91. The lowest BCUT2D eigenvalue weighted by Gasteiger charge is -2.13. The van der Waals surface area contributed by atoms with Gasteiger partial charge in [-0.25, -0.2) is 4.39 Å². The van der Waals surface area contributed by atoms with Crippen LogP contribution in [0.4, 0.5) is 4.39 Å². The summed E-state index contributed by atoms with van der Waals surface area (Å²) in [7, 11) is 0. The molecule has 1 aromatic heterocycles. The Balaban J connectivity index is 1.75. The van der Waals surface area contributed by atoms with Gasteiger partial charge in [0.15, 0.2) is 0 Å². The molecular formula is C25H18FNO. The second-order valence-electron chi connectivity index (χ2n) is 7.08. The minimum Gasteiger partial charge on any atom is -0.506 e. The molecule has 1 heterocycles. The molecule has 0 saturated carbocycles. The second kappa shape index (κ2) is 6.24. The summed E-state index contributed by atoms with van der Waals surface area (Å²) in [5, 5.41) is 13.8. The number of phenols is 1. The van der Waals surface area contributed by atoms with Crippen LogP contribution >= 0.6 is 0 Å². The Bertz CT molecular complexity index is 1330. The van der Waals surface area contributed by atoms with Crippen molar-refractivity contribution in [1.29, 1.82) is 0 Å². The number of fused-ring (bicyclic) bond motifs is 2. The normalized spacial score (nSPS) is 11.4. The quantitative estimate of drug-likeness (QED) is 0.373. The molecule has 0 aliphatic heterocycles. The maximum atomic E-state index is 13.2. The van der Waals surface area contributed by atoms with Crippen LogP contribution in [0.1, 0.15) is 5.56 Å². The number of nitrogens with zero attached hydrogens (tertiary/aromatic N) is 1. The summed E-state index contributed by atoms with van der Waals surface area (Å²) in [5.41, 5.74) is 4.96. The number of aryl methyl sites for hydroxylation is 1. The van der Waals surface area contributed by atoms with Crippen molar-refractivity contribution in [3.05, 3.63) is 96.4 Å². The third kappa shape index (κ3) is 2.55. The van der Waals surface area contributed by atoms with Crippen molar-refractivity contribution in [3.8, 4) is 22.6 Å². The minimum atomic E-state index is -0.244. The van der Waals surface area contributed by atoms with E-state index >= 15 is 0 Å². The Kier molecular flexibility index (Phi) is 3.69. The second-order valence-corrected chi connectivity index (χ2v) is 7.08. The Hall–Kier alpha value is -3.59. The molecule has 4 aromatic carbocycles. The van der Waals surface area contributed by atoms with E-state index in [1.54, 1.807) is 18.2 Å². The Morgan fingerprint density at radius 3 is 2.36 bits per heavy atom. The Labute approximate surface area is 162 Å². The standard InChI is InChI=1S/C25H18FNO/c1-16-15-27(23-5-3-2-4-21(16)23)25-22-12-8-18(14-19(22)9-13-24(25)28)17-6-10-20(26)11-7-17/h2-15,28H,1H3. The maximum absolute atomic E-state index is 13.2. The molecule has 3 heteroatoms. The van der Waals surface area contributed by atoms with E-state index in [1.165, 1.54) is 17.5 Å². The third-order valence-corrected chi connectivity index (χ3v) is 5.30. The molecule has 0 saturated heterocycles. The average Bonchev–Trinajstić information content (AvgIpc) is 3.05. The molecule has 2 nitrogen and oxygen atoms in total. The minimum absolute atomic E-state index is 0.239. The Morgan fingerprint density at radius 1 is 0.786 bits per heavy atom. The summed E-state index contributed by atoms with van der Waals surface area (Å²) in [6, 6.07) is 24.4. The topological polar surface area (TPSA) is 25.2 Å². The first-order valence-corrected chi connectivity index (χ1v) is 9.20. The molecule has 0 aliphatic carbocycles. The van der Waals surface area contributed by atoms with Gasteiger partial charge >= 0.3 is 0 Å². The fraction of sp³-hybridized carbons (Fsp3) is 0.0400. The first-order valence-electron chi connectivity index (χ1n) is 9.20. The number of phenolic OH excluding ortho intramolecular Hbond substituents is 1. The molecule has 28 heavy (non-hydrogen) atoms. The number of rotatable bonds is 2. The number of hydrogen-bond donors (Lipinski definition) is 1. The van der Waals surface area contributed by atoms with Crippen LogP contribution < -0.4 is 0 Å². The number of hydrogen-bond acceptors (Lipinski definition) is 1. The smallest absolute Gasteiger partial charge is 0.140 e. The van der Waals surface area contributed by atoms with E-state index in [0.717, 1.165) is 38.7 Å². The van der Waals surface area contributed by atoms with Crippen molar-refractivity contribution in [2.45, 2.75) is 6.92 Å². The molecule has 0 aliphatic rings. The van der Waals surface area contributed by atoms with Gasteiger partial charge in [-0.15, -0.1) is 0 Å². The van der Waals surface area contributed by atoms with E-state index in [4.69, 9.17) is 0 Å². The van der Waals surface area contributed by atoms with Crippen LogP contribution in [0.2, 0.25) is 0 Å². The van der Waals surface area contributed by atoms with Crippen LogP contribution in [0.5, 0.6) is 5.75 Å². The highest BCUT2D eigenvalue weighted by Gasteiger charge is 2.14. The first kappa shape index (κ1) is 16.6. The first-order chi connectivity index (χ1) is 13.6. The van der Waals surface area contributed by atoms with Gasteiger partial charge in [0.05, 0.1) is 11.2 Å². The molecular weight excluding hydrogens is 349 g/mol. The lowest BCUT2D eigenvalue weighted by molar-refractivity contribution is 0.473. The van der Waals surface area contributed by atoms with Crippen LogP contribution in [0.3, 0.4) is 0 Å². The number of aromatic nitrogens is 1. The van der Waals surface area contributed by atoms with Crippen LogP contribution in [0.25, 0.3) is 38.5 Å². The van der Waals surface area contributed by atoms with Crippen molar-refractivity contribution in [2.24, 2.45) is 0 Å². The van der Waals surface area contributed by atoms with E-state index in [-0.39, 0.29) is 11.6 Å². The van der Waals surface area contributed by atoms with Crippen molar-refractivity contribution in [2.75, 3.05) is 0 Å². The molecule has 0 unspecified atom stereocenters. The van der Waals surface area contributed by atoms with Gasteiger partial charge in [-0.1, -0.05) is 48.5 Å². The van der Waals surface area contributed by atoms with Crippen molar-refractivity contribution >= 4 is 21.7 Å². The summed E-state index contributed by atoms with van der Waals surface area (Å²) >= 11 is 0. The molecule has 5 aromatic rings. The van der Waals surface area contributed by atoms with Crippen LogP contribution in [-0.2, 0) is 0 Å². The van der Waals surface area contributed by atoms with E-state index in [2.05, 4.69) is 35.9 Å². The highest BCUT2D eigenvalue weighted by atomic mass is 19.1. The lowest BCUT2D eigenvalue weighted by Crippen LogP contribution is -1.94. The molecule has 0 atom stereocenters. The van der Waals surface area contributed by atoms with Gasteiger partial charge in [-0.2, -0.15) is 0 Å². The van der Waals surface area contributed by atoms with Crippen LogP contribution in [-0.4, -0.2) is 9.67 Å². The number of para-hydroxylation sites is 1. The van der Waals surface area contributed by atoms with Gasteiger partial charge in [-0.05, 0) is 59.3 Å². The van der Waals surface area contributed by atoms with Crippen molar-refractivity contribution in [3.63, 3.8) is 0 Å². The van der Waals surface area contributed by atoms with Gasteiger partial charge in [0.25, 0.3) is 0 Å². The van der Waals surface area contributed by atoms with Crippen LogP contribution in [0.15, 0.2) is 85.1 Å². The molecule has 1 N–H and O–H groups in total. The number of halogens is 1. The molecule has 5 rings (SSSR count). The molecule has 136 valence electrons. The summed E-state index contributed by atoms with van der Waals surface area (Å²) in [5.74, 6) is -0.00520. The van der Waals surface area contributed by atoms with Gasteiger partial charge in [0.2, 0.25) is 0 Å². The summed E-state index contributed by atoms with van der Waals surface area (Å²) in [6.45, 7) is 2.08. The maximum Gasteiger partial charge on any atom is 0.140 e. The zero-order valence-corrected chi connectivity index (χ0v) is 15.4. The highest BCUT2D eigenvalue weighted by Crippen LogP contribution is 2.36. The lowest BCUT2D eigenvalue weighted by atomic mass is 10.00. The monoisotopic (exact) mass is 367 g/mol. The molecule has 0 amide bonds. The van der Waals surface area contributed by atoms with Crippen molar-refractivity contribution < 1.29 is 9.50 Å². The van der Waals surface area contributed by atoms with E-state index < -0.39 is 0 Å². The predicted octanol–water partition coefficient (Wildman–Crippen LogP) is 6.60. The zero-order valence-electron chi connectivity index (χ0n) is 15.4. The van der Waals surface area contributed by atoms with Crippen molar-refractivity contribution in [1.82, 2.24) is 4.57 Å². The SMILES string of the molecule is Cc1cn(-c2c(O)ccc3cc(-c4ccc(F)cc4)ccc23)c2ccccc12. The number of aromatic hydroxyl groups is 1. The van der Waals surface area contributed by atoms with Gasteiger partial charge in [-0.3, -0.25) is 0 Å². The molecule has 0 spiro atoms. The fourth-order valence-corrected chi connectivity index (χ4v) is 3.91. The zero-order chi connectivity index (χ0) is 19.3. The summed E-state index contributed by atoms with van der Waals surface area (Å²) in [4.78, 5) is 0. The third-order valence-electron chi connectivity index (χ3n) is 5.30. The number of benzene rings is 4. The van der Waals surface area contributed by atoms with Gasteiger partial charge in [0, 0.05) is 17.0 Å². The van der Waals surface area contributed by atoms with Gasteiger partial charge < -0.3 is 9.67 Å². The Morgan fingerprint density at radius 2 is 1.54 bits per heavy atom. The van der Waals surface area contributed by atoms with Crippen LogP contribution in [0, 0.1) is 12.7 Å². The largest absolute Gasteiger partial charge is 0.506 e.